The van der Waals surface area contributed by atoms with Crippen LogP contribution in [0.15, 0.2) is 5.16 Å². The highest BCUT2D eigenvalue weighted by atomic mass is 16.6. The Hall–Kier alpha value is -2.06. The molecule has 1 N–H and O–H groups in total. The first-order chi connectivity index (χ1) is 5.65. The Morgan fingerprint density at radius 1 is 1.83 bits per heavy atom. The molecule has 0 saturated carbocycles. The summed E-state index contributed by atoms with van der Waals surface area (Å²) in [5.41, 5.74) is 0. The maximum atomic E-state index is 10.1. The lowest BCUT2D eigenvalue weighted by Gasteiger charge is -1.87. The van der Waals surface area contributed by atoms with Gasteiger partial charge in [-0.25, -0.2) is 0 Å². The predicted octanol–water partition coefficient (Wildman–Crippen LogP) is -1.38. The van der Waals surface area contributed by atoms with Crippen LogP contribution in [0.4, 0.5) is 0 Å². The lowest BCUT2D eigenvalue weighted by atomic mass is 10.6. The van der Waals surface area contributed by atoms with E-state index in [9.17, 15) is 10.1 Å². The van der Waals surface area contributed by atoms with E-state index >= 15 is 0 Å². The molecule has 0 unspecified atom stereocenters. The summed E-state index contributed by atoms with van der Waals surface area (Å²) in [5, 5.41) is 30.8. The zero-order valence-electron chi connectivity index (χ0n) is 5.95. The van der Waals surface area contributed by atoms with Crippen LogP contribution in [0.3, 0.4) is 0 Å². The molecule has 0 fully saturated rings. The van der Waals surface area contributed by atoms with Gasteiger partial charge in [0, 0.05) is 0 Å². The molecule has 9 nitrogen and oxygen atoms in total. The average Bonchev–Trinajstić information content (AvgIpc) is 2.37. The SMILES string of the molecule is Cn1nnc(C(=NO)[N+](=O)[O-])n1. The fourth-order valence-electron chi connectivity index (χ4n) is 0.536. The number of aryl methyl sites for hydroxylation is 1. The second-order valence-corrected chi connectivity index (χ2v) is 1.78. The van der Waals surface area contributed by atoms with E-state index in [1.807, 2.05) is 0 Å². The van der Waals surface area contributed by atoms with Gasteiger partial charge in [0.1, 0.15) is 0 Å². The van der Waals surface area contributed by atoms with Gasteiger partial charge in [0.25, 0.3) is 5.82 Å². The predicted molar refractivity (Wildman–Crippen MR) is 34.1 cm³/mol. The molecular formula is C3H4N6O3. The summed E-state index contributed by atoms with van der Waals surface area (Å²) in [6.07, 6.45) is 0. The number of nitro groups is 1. The lowest BCUT2D eigenvalue weighted by Crippen LogP contribution is -2.15. The molecule has 64 valence electrons. The molecule has 0 radical (unpaired) electrons. The van der Waals surface area contributed by atoms with Crippen LogP contribution >= 0.6 is 0 Å². The second kappa shape index (κ2) is 2.90. The van der Waals surface area contributed by atoms with Crippen LogP contribution in [0.2, 0.25) is 0 Å². The van der Waals surface area contributed by atoms with Gasteiger partial charge >= 0.3 is 5.84 Å². The van der Waals surface area contributed by atoms with Crippen molar-refractivity contribution in [2.75, 3.05) is 0 Å². The zero-order chi connectivity index (χ0) is 9.14. The van der Waals surface area contributed by atoms with Crippen LogP contribution in [0, 0.1) is 10.1 Å². The molecule has 0 aliphatic carbocycles. The van der Waals surface area contributed by atoms with Crippen LogP contribution in [0.25, 0.3) is 0 Å². The smallest absolute Gasteiger partial charge is 0.358 e. The Balaban J connectivity index is 3.04. The molecule has 1 heterocycles. The van der Waals surface area contributed by atoms with Crippen molar-refractivity contribution >= 4 is 5.84 Å². The molecule has 0 amide bonds. The number of rotatable bonds is 1. The van der Waals surface area contributed by atoms with Crippen molar-refractivity contribution in [1.82, 2.24) is 20.2 Å². The van der Waals surface area contributed by atoms with Crippen LogP contribution in [0.5, 0.6) is 0 Å². The van der Waals surface area contributed by atoms with Crippen molar-refractivity contribution in [3.63, 3.8) is 0 Å². The van der Waals surface area contributed by atoms with Crippen molar-refractivity contribution in [2.45, 2.75) is 0 Å². The summed E-state index contributed by atoms with van der Waals surface area (Å²) in [6, 6.07) is 0. The topological polar surface area (TPSA) is 119 Å². The van der Waals surface area contributed by atoms with Crippen molar-refractivity contribution in [3.8, 4) is 0 Å². The number of aromatic nitrogens is 4. The van der Waals surface area contributed by atoms with E-state index in [0.29, 0.717) is 0 Å². The summed E-state index contributed by atoms with van der Waals surface area (Å²) in [5.74, 6) is -1.16. The second-order valence-electron chi connectivity index (χ2n) is 1.78. The molecule has 0 aliphatic rings. The maximum absolute atomic E-state index is 10.1. The molecule has 0 atom stereocenters. The quantitative estimate of drug-likeness (QED) is 0.183. The van der Waals surface area contributed by atoms with Crippen molar-refractivity contribution in [1.29, 1.82) is 0 Å². The first kappa shape index (κ1) is 8.04. The molecule has 0 saturated heterocycles. The van der Waals surface area contributed by atoms with Gasteiger partial charge in [-0.2, -0.15) is 4.80 Å². The first-order valence-corrected chi connectivity index (χ1v) is 2.76. The highest BCUT2D eigenvalue weighted by molar-refractivity contribution is 5.87. The molecular weight excluding hydrogens is 168 g/mol. The molecule has 9 heteroatoms. The number of hydrogen-bond acceptors (Lipinski definition) is 7. The standard InChI is InChI=1S/C3H4N6O3/c1-8-5-2(4-7-8)3(6-10)9(11)12/h10H,1H3. The Bertz CT molecular complexity index is 329. The summed E-state index contributed by atoms with van der Waals surface area (Å²) in [7, 11) is 1.44. The summed E-state index contributed by atoms with van der Waals surface area (Å²) >= 11 is 0. The number of hydrogen-bond donors (Lipinski definition) is 1. The average molecular weight is 172 g/mol. The zero-order valence-corrected chi connectivity index (χ0v) is 5.95. The fraction of sp³-hybridized carbons (Fsp3) is 0.333. The van der Waals surface area contributed by atoms with E-state index < -0.39 is 10.8 Å². The van der Waals surface area contributed by atoms with E-state index in [2.05, 4.69) is 20.6 Å². The van der Waals surface area contributed by atoms with E-state index in [-0.39, 0.29) is 5.82 Å². The minimum atomic E-state index is -0.906. The normalized spacial score (nSPS) is 11.6. The summed E-state index contributed by atoms with van der Waals surface area (Å²) in [6.45, 7) is 0. The third-order valence-corrected chi connectivity index (χ3v) is 0.976. The summed E-state index contributed by atoms with van der Waals surface area (Å²) < 4.78 is 0. The Morgan fingerprint density at radius 3 is 2.83 bits per heavy atom. The van der Waals surface area contributed by atoms with Crippen LogP contribution in [-0.4, -0.2) is 36.2 Å². The molecule has 0 bridgehead atoms. The Morgan fingerprint density at radius 2 is 2.50 bits per heavy atom. The first-order valence-electron chi connectivity index (χ1n) is 2.76. The number of nitrogens with zero attached hydrogens (tertiary/aromatic N) is 6. The molecule has 0 spiro atoms. The molecule has 0 aromatic carbocycles. The number of oxime groups is 1. The van der Waals surface area contributed by atoms with Crippen molar-refractivity contribution < 1.29 is 10.1 Å². The van der Waals surface area contributed by atoms with Gasteiger partial charge in [-0.05, 0) is 10.1 Å². The Kier molecular flexibility index (Phi) is 1.94. The fourth-order valence-corrected chi connectivity index (χ4v) is 0.536. The van der Waals surface area contributed by atoms with E-state index in [4.69, 9.17) is 5.21 Å². The van der Waals surface area contributed by atoms with Gasteiger partial charge in [-0.1, -0.05) is 5.10 Å². The van der Waals surface area contributed by atoms with Gasteiger partial charge in [-0.3, -0.25) is 0 Å². The third-order valence-electron chi connectivity index (χ3n) is 0.976. The monoisotopic (exact) mass is 172 g/mol. The minimum absolute atomic E-state index is 0.329. The maximum Gasteiger partial charge on any atom is 0.458 e. The molecule has 0 aliphatic heterocycles. The third kappa shape index (κ3) is 1.33. The van der Waals surface area contributed by atoms with Crippen LogP contribution in [-0.2, 0) is 7.05 Å². The van der Waals surface area contributed by atoms with Crippen LogP contribution < -0.4 is 0 Å². The van der Waals surface area contributed by atoms with Crippen molar-refractivity contribution in [2.24, 2.45) is 12.2 Å². The molecule has 1 aromatic rings. The number of amidine groups is 1. The molecule has 1 aromatic heterocycles. The van der Waals surface area contributed by atoms with Crippen LogP contribution in [0.1, 0.15) is 5.82 Å². The minimum Gasteiger partial charge on any atom is -0.358 e. The molecule has 12 heavy (non-hydrogen) atoms. The van der Waals surface area contributed by atoms with Gasteiger partial charge in [-0.15, -0.1) is 5.10 Å². The van der Waals surface area contributed by atoms with E-state index in [1.54, 1.807) is 0 Å². The van der Waals surface area contributed by atoms with Crippen molar-refractivity contribution in [3.05, 3.63) is 15.9 Å². The van der Waals surface area contributed by atoms with Gasteiger partial charge in [0.15, 0.2) is 5.16 Å². The number of tetrazole rings is 1. The summed E-state index contributed by atoms with van der Waals surface area (Å²) in [4.78, 5) is 10.3. The van der Waals surface area contributed by atoms with E-state index in [0.717, 1.165) is 4.80 Å². The highest BCUT2D eigenvalue weighted by Crippen LogP contribution is 1.90. The van der Waals surface area contributed by atoms with Gasteiger partial charge in [0.2, 0.25) is 0 Å². The van der Waals surface area contributed by atoms with Gasteiger partial charge in [0.05, 0.1) is 7.05 Å². The molecule has 1 rings (SSSR count). The van der Waals surface area contributed by atoms with Gasteiger partial charge < -0.3 is 15.3 Å². The largest absolute Gasteiger partial charge is 0.458 e. The Labute approximate surface area is 65.4 Å². The highest BCUT2D eigenvalue weighted by Gasteiger charge is 2.22. The van der Waals surface area contributed by atoms with E-state index in [1.165, 1.54) is 7.05 Å². The lowest BCUT2D eigenvalue weighted by molar-refractivity contribution is -0.351.